The van der Waals surface area contributed by atoms with Crippen LogP contribution in [0.25, 0.3) is 11.4 Å². The van der Waals surface area contributed by atoms with Crippen LogP contribution >= 0.6 is 11.6 Å². The molecule has 0 radical (unpaired) electrons. The molecule has 24 heavy (non-hydrogen) atoms. The Hall–Kier alpha value is -2.86. The van der Waals surface area contributed by atoms with Gasteiger partial charge in [-0.25, -0.2) is 0 Å². The van der Waals surface area contributed by atoms with Gasteiger partial charge in [0, 0.05) is 23.2 Å². The lowest BCUT2D eigenvalue weighted by Crippen LogP contribution is -2.05. The van der Waals surface area contributed by atoms with Crippen molar-refractivity contribution < 1.29 is 14.1 Å². The fourth-order valence-corrected chi connectivity index (χ4v) is 2.14. The van der Waals surface area contributed by atoms with Crippen LogP contribution in [-0.2, 0) is 11.4 Å². The second-order valence-corrected chi connectivity index (χ2v) is 5.45. The molecule has 0 atom stereocenters. The summed E-state index contributed by atoms with van der Waals surface area (Å²) in [7, 11) is 0. The van der Waals surface area contributed by atoms with E-state index in [1.165, 1.54) is 6.92 Å². The minimum absolute atomic E-state index is 0.121. The number of ether oxygens (including phenoxy) is 1. The third kappa shape index (κ3) is 4.11. The van der Waals surface area contributed by atoms with Crippen molar-refractivity contribution in [2.75, 3.05) is 5.32 Å². The molecule has 0 unspecified atom stereocenters. The molecule has 0 aliphatic heterocycles. The Balaban J connectivity index is 1.61. The highest BCUT2D eigenvalue weighted by atomic mass is 35.5. The van der Waals surface area contributed by atoms with Gasteiger partial charge in [-0.05, 0) is 48.5 Å². The molecule has 0 aliphatic carbocycles. The number of nitrogens with zero attached hydrogens (tertiary/aromatic N) is 2. The first-order valence-corrected chi connectivity index (χ1v) is 7.57. The predicted octanol–water partition coefficient (Wildman–Crippen LogP) is 3.93. The first-order valence-electron chi connectivity index (χ1n) is 7.19. The lowest BCUT2D eigenvalue weighted by atomic mass is 10.2. The van der Waals surface area contributed by atoms with Crippen LogP contribution in [0.15, 0.2) is 53.1 Å². The van der Waals surface area contributed by atoms with E-state index >= 15 is 0 Å². The Labute approximate surface area is 143 Å². The molecular weight excluding hydrogens is 330 g/mol. The standard InChI is InChI=1S/C17H14ClN3O3/c1-11(22)19-14-6-8-15(9-7-14)23-10-16-20-17(21-24-16)12-2-4-13(18)5-3-12/h2-9H,10H2,1H3,(H,19,22). The molecular formula is C17H14ClN3O3. The zero-order valence-electron chi connectivity index (χ0n) is 12.8. The van der Waals surface area contributed by atoms with Crippen LogP contribution in [-0.4, -0.2) is 16.0 Å². The fraction of sp³-hybridized carbons (Fsp3) is 0.118. The Morgan fingerprint density at radius 3 is 2.54 bits per heavy atom. The van der Waals surface area contributed by atoms with E-state index in [2.05, 4.69) is 15.5 Å². The number of benzene rings is 2. The summed E-state index contributed by atoms with van der Waals surface area (Å²) in [6.07, 6.45) is 0. The maximum Gasteiger partial charge on any atom is 0.264 e. The molecule has 1 amide bonds. The molecule has 3 aromatic rings. The van der Waals surface area contributed by atoms with Crippen molar-refractivity contribution in [3.8, 4) is 17.1 Å². The largest absolute Gasteiger partial charge is 0.484 e. The average molecular weight is 344 g/mol. The lowest BCUT2D eigenvalue weighted by molar-refractivity contribution is -0.114. The van der Waals surface area contributed by atoms with E-state index in [4.69, 9.17) is 20.9 Å². The molecule has 2 aromatic carbocycles. The summed E-state index contributed by atoms with van der Waals surface area (Å²) in [5, 5.41) is 7.25. The number of halogens is 1. The van der Waals surface area contributed by atoms with E-state index < -0.39 is 0 Å². The zero-order valence-corrected chi connectivity index (χ0v) is 13.6. The van der Waals surface area contributed by atoms with Gasteiger partial charge in [0.2, 0.25) is 11.7 Å². The zero-order chi connectivity index (χ0) is 16.9. The summed E-state index contributed by atoms with van der Waals surface area (Å²) in [4.78, 5) is 15.2. The Kier molecular flexibility index (Phi) is 4.77. The number of carbonyl (C=O) groups excluding carboxylic acids is 1. The van der Waals surface area contributed by atoms with Crippen LogP contribution in [0.2, 0.25) is 5.02 Å². The smallest absolute Gasteiger partial charge is 0.264 e. The number of aromatic nitrogens is 2. The van der Waals surface area contributed by atoms with Crippen LogP contribution in [0, 0.1) is 0 Å². The van der Waals surface area contributed by atoms with Crippen LogP contribution < -0.4 is 10.1 Å². The van der Waals surface area contributed by atoms with E-state index in [-0.39, 0.29) is 12.5 Å². The third-order valence-corrected chi connectivity index (χ3v) is 3.36. The van der Waals surface area contributed by atoms with E-state index in [0.29, 0.717) is 28.2 Å². The highest BCUT2D eigenvalue weighted by Gasteiger charge is 2.09. The van der Waals surface area contributed by atoms with Gasteiger partial charge in [-0.3, -0.25) is 4.79 Å². The van der Waals surface area contributed by atoms with E-state index in [1.54, 1.807) is 36.4 Å². The Bertz CT molecular complexity index is 829. The Morgan fingerprint density at radius 2 is 1.88 bits per heavy atom. The second-order valence-electron chi connectivity index (χ2n) is 5.01. The minimum Gasteiger partial charge on any atom is -0.484 e. The third-order valence-electron chi connectivity index (χ3n) is 3.11. The van der Waals surface area contributed by atoms with Crippen molar-refractivity contribution in [3.63, 3.8) is 0 Å². The van der Waals surface area contributed by atoms with Crippen molar-refractivity contribution >= 4 is 23.2 Å². The van der Waals surface area contributed by atoms with Crippen molar-refractivity contribution in [2.24, 2.45) is 0 Å². The summed E-state index contributed by atoms with van der Waals surface area (Å²) in [6.45, 7) is 1.61. The van der Waals surface area contributed by atoms with Crippen LogP contribution in [0.5, 0.6) is 5.75 Å². The molecule has 6 nitrogen and oxygen atoms in total. The summed E-state index contributed by atoms with van der Waals surface area (Å²) in [6, 6.07) is 14.2. The molecule has 0 spiro atoms. The van der Waals surface area contributed by atoms with Gasteiger partial charge in [-0.2, -0.15) is 4.98 Å². The Morgan fingerprint density at radius 1 is 1.17 bits per heavy atom. The molecule has 1 heterocycles. The predicted molar refractivity (Wildman–Crippen MR) is 89.8 cm³/mol. The number of amides is 1. The van der Waals surface area contributed by atoms with Gasteiger partial charge < -0.3 is 14.6 Å². The molecule has 7 heteroatoms. The summed E-state index contributed by atoms with van der Waals surface area (Å²) >= 11 is 5.85. The molecule has 3 rings (SSSR count). The minimum atomic E-state index is -0.121. The van der Waals surface area contributed by atoms with E-state index in [0.717, 1.165) is 5.56 Å². The van der Waals surface area contributed by atoms with Crippen LogP contribution in [0.4, 0.5) is 5.69 Å². The van der Waals surface area contributed by atoms with E-state index in [9.17, 15) is 4.79 Å². The molecule has 1 aromatic heterocycles. The van der Waals surface area contributed by atoms with Crippen LogP contribution in [0.3, 0.4) is 0 Å². The number of nitrogens with one attached hydrogen (secondary N) is 1. The first-order chi connectivity index (χ1) is 11.6. The van der Waals surface area contributed by atoms with Gasteiger partial charge in [0.05, 0.1) is 0 Å². The molecule has 0 aliphatic rings. The normalized spacial score (nSPS) is 10.4. The first kappa shape index (κ1) is 16.0. The van der Waals surface area contributed by atoms with Gasteiger partial charge in [-0.15, -0.1) is 0 Å². The fourth-order valence-electron chi connectivity index (χ4n) is 2.01. The van der Waals surface area contributed by atoms with Crippen molar-refractivity contribution in [1.82, 2.24) is 10.1 Å². The quantitative estimate of drug-likeness (QED) is 0.759. The number of hydrogen-bond donors (Lipinski definition) is 1. The van der Waals surface area contributed by atoms with Gasteiger partial charge in [0.1, 0.15) is 5.75 Å². The highest BCUT2D eigenvalue weighted by Crippen LogP contribution is 2.20. The highest BCUT2D eigenvalue weighted by molar-refractivity contribution is 6.30. The van der Waals surface area contributed by atoms with Crippen LogP contribution in [0.1, 0.15) is 12.8 Å². The molecule has 122 valence electrons. The topological polar surface area (TPSA) is 77.2 Å². The number of rotatable bonds is 5. The van der Waals surface area contributed by atoms with Crippen molar-refractivity contribution in [3.05, 3.63) is 59.4 Å². The van der Waals surface area contributed by atoms with Gasteiger partial charge >= 0.3 is 0 Å². The second kappa shape index (κ2) is 7.14. The number of anilines is 1. The van der Waals surface area contributed by atoms with Crippen molar-refractivity contribution in [1.29, 1.82) is 0 Å². The van der Waals surface area contributed by atoms with Crippen molar-refractivity contribution in [2.45, 2.75) is 13.5 Å². The summed E-state index contributed by atoms with van der Waals surface area (Å²) < 4.78 is 10.8. The molecule has 0 saturated carbocycles. The average Bonchev–Trinajstić information content (AvgIpc) is 3.03. The number of carbonyl (C=O) groups is 1. The van der Waals surface area contributed by atoms with Gasteiger partial charge in [0.15, 0.2) is 6.61 Å². The van der Waals surface area contributed by atoms with Gasteiger partial charge in [0.25, 0.3) is 5.89 Å². The molecule has 0 bridgehead atoms. The number of hydrogen-bond acceptors (Lipinski definition) is 5. The molecule has 0 saturated heterocycles. The summed E-state index contributed by atoms with van der Waals surface area (Å²) in [5.41, 5.74) is 1.52. The monoisotopic (exact) mass is 343 g/mol. The maximum absolute atomic E-state index is 11.0. The molecule has 0 fully saturated rings. The SMILES string of the molecule is CC(=O)Nc1ccc(OCc2nc(-c3ccc(Cl)cc3)no2)cc1. The summed E-state index contributed by atoms with van der Waals surface area (Å²) in [5.74, 6) is 1.36. The van der Waals surface area contributed by atoms with Gasteiger partial charge in [-0.1, -0.05) is 16.8 Å². The molecule has 1 N–H and O–H groups in total. The van der Waals surface area contributed by atoms with E-state index in [1.807, 2.05) is 12.1 Å². The maximum atomic E-state index is 11.0. The lowest BCUT2D eigenvalue weighted by Gasteiger charge is -2.05.